The van der Waals surface area contributed by atoms with Crippen LogP contribution in [0, 0.1) is 10.1 Å². The second-order valence-electron chi connectivity index (χ2n) is 7.22. The van der Waals surface area contributed by atoms with Gasteiger partial charge in [0, 0.05) is 49.7 Å². The van der Waals surface area contributed by atoms with Crippen molar-refractivity contribution in [3.8, 4) is 11.3 Å². The van der Waals surface area contributed by atoms with E-state index in [1.54, 1.807) is 6.07 Å². The van der Waals surface area contributed by atoms with Gasteiger partial charge in [0.25, 0.3) is 5.69 Å². The van der Waals surface area contributed by atoms with Crippen molar-refractivity contribution in [2.24, 2.45) is 0 Å². The SMILES string of the molecule is CN1CCN(Cc2ccc([N+](=O)[O-])c(Nc3nc(-c4ccccc4)cs3)c2)CC1. The molecule has 1 fully saturated rings. The molecule has 150 valence electrons. The number of thiazole rings is 1. The average molecular weight is 410 g/mol. The normalized spacial score (nSPS) is 15.3. The van der Waals surface area contributed by atoms with Crippen LogP contribution in [0.4, 0.5) is 16.5 Å². The highest BCUT2D eigenvalue weighted by Crippen LogP contribution is 2.32. The van der Waals surface area contributed by atoms with Crippen LogP contribution < -0.4 is 5.32 Å². The Balaban J connectivity index is 1.54. The second kappa shape index (κ2) is 8.69. The standard InChI is InChI=1S/C21H23N5O2S/c1-24-9-11-25(12-10-24)14-16-7-8-20(26(27)28)18(13-16)22-21-23-19(15-29-21)17-5-3-2-4-6-17/h2-8,13,15H,9-12,14H2,1H3,(H,22,23). The Kier molecular flexibility index (Phi) is 5.84. The van der Waals surface area contributed by atoms with Gasteiger partial charge in [-0.1, -0.05) is 36.4 Å². The highest BCUT2D eigenvalue weighted by Gasteiger charge is 2.18. The first kappa shape index (κ1) is 19.5. The van der Waals surface area contributed by atoms with E-state index in [-0.39, 0.29) is 10.6 Å². The lowest BCUT2D eigenvalue weighted by Gasteiger charge is -2.32. The molecule has 0 amide bonds. The Hall–Kier alpha value is -2.81. The van der Waals surface area contributed by atoms with Gasteiger partial charge in [-0.3, -0.25) is 15.0 Å². The molecule has 1 aromatic heterocycles. The molecule has 8 heteroatoms. The molecule has 1 N–H and O–H groups in total. The number of rotatable bonds is 6. The van der Waals surface area contributed by atoms with E-state index in [0.29, 0.717) is 10.8 Å². The van der Waals surface area contributed by atoms with E-state index >= 15 is 0 Å². The van der Waals surface area contributed by atoms with Crippen molar-refractivity contribution >= 4 is 27.8 Å². The highest BCUT2D eigenvalue weighted by molar-refractivity contribution is 7.14. The zero-order chi connectivity index (χ0) is 20.2. The first-order chi connectivity index (χ1) is 14.1. The van der Waals surface area contributed by atoms with Crippen LogP contribution in [0.1, 0.15) is 5.56 Å². The fourth-order valence-corrected chi connectivity index (χ4v) is 4.12. The van der Waals surface area contributed by atoms with Crippen LogP contribution in [0.2, 0.25) is 0 Å². The fraction of sp³-hybridized carbons (Fsp3) is 0.286. The van der Waals surface area contributed by atoms with Crippen molar-refractivity contribution in [3.05, 3.63) is 69.6 Å². The van der Waals surface area contributed by atoms with Crippen LogP contribution in [0.15, 0.2) is 53.9 Å². The van der Waals surface area contributed by atoms with E-state index in [2.05, 4.69) is 27.1 Å². The molecule has 1 aliphatic rings. The molecule has 0 unspecified atom stereocenters. The first-order valence-electron chi connectivity index (χ1n) is 9.55. The van der Waals surface area contributed by atoms with E-state index in [9.17, 15) is 10.1 Å². The summed E-state index contributed by atoms with van der Waals surface area (Å²) in [6.07, 6.45) is 0. The van der Waals surface area contributed by atoms with Crippen LogP contribution in [-0.2, 0) is 6.54 Å². The first-order valence-corrected chi connectivity index (χ1v) is 10.4. The number of nitro benzene ring substituents is 1. The van der Waals surface area contributed by atoms with Crippen molar-refractivity contribution in [3.63, 3.8) is 0 Å². The van der Waals surface area contributed by atoms with Crippen LogP contribution in [-0.4, -0.2) is 52.9 Å². The maximum atomic E-state index is 11.5. The van der Waals surface area contributed by atoms with Crippen LogP contribution in [0.25, 0.3) is 11.3 Å². The molecule has 2 aromatic carbocycles. The van der Waals surface area contributed by atoms with Crippen molar-refractivity contribution in [1.82, 2.24) is 14.8 Å². The number of piperazine rings is 1. The zero-order valence-electron chi connectivity index (χ0n) is 16.2. The van der Waals surface area contributed by atoms with Crippen molar-refractivity contribution < 1.29 is 4.92 Å². The molecule has 0 radical (unpaired) electrons. The molecular weight excluding hydrogens is 386 g/mol. The van der Waals surface area contributed by atoms with Gasteiger partial charge >= 0.3 is 0 Å². The van der Waals surface area contributed by atoms with Crippen LogP contribution in [0.3, 0.4) is 0 Å². The summed E-state index contributed by atoms with van der Waals surface area (Å²) in [5, 5.41) is 17.3. The van der Waals surface area contributed by atoms with Crippen LogP contribution >= 0.6 is 11.3 Å². The number of hydrogen-bond acceptors (Lipinski definition) is 7. The monoisotopic (exact) mass is 409 g/mol. The van der Waals surface area contributed by atoms with Gasteiger partial charge in [-0.25, -0.2) is 4.98 Å². The number of anilines is 2. The Morgan fingerprint density at radius 2 is 1.90 bits per heavy atom. The Bertz CT molecular complexity index is 984. The zero-order valence-corrected chi connectivity index (χ0v) is 17.1. The second-order valence-corrected chi connectivity index (χ2v) is 8.08. The van der Waals surface area contributed by atoms with Gasteiger partial charge < -0.3 is 10.2 Å². The van der Waals surface area contributed by atoms with E-state index < -0.39 is 0 Å². The number of aromatic nitrogens is 1. The van der Waals surface area contributed by atoms with Gasteiger partial charge in [0.1, 0.15) is 5.69 Å². The van der Waals surface area contributed by atoms with Gasteiger partial charge in [-0.2, -0.15) is 0 Å². The fourth-order valence-electron chi connectivity index (χ4n) is 3.39. The van der Waals surface area contributed by atoms with Gasteiger partial charge in [-0.05, 0) is 18.7 Å². The van der Waals surface area contributed by atoms with E-state index in [1.807, 2.05) is 47.8 Å². The van der Waals surface area contributed by atoms with Gasteiger partial charge in [0.15, 0.2) is 5.13 Å². The predicted molar refractivity (Wildman–Crippen MR) is 117 cm³/mol. The van der Waals surface area contributed by atoms with Gasteiger partial charge in [0.05, 0.1) is 10.6 Å². The van der Waals surface area contributed by atoms with Crippen LogP contribution in [0.5, 0.6) is 0 Å². The third-order valence-electron chi connectivity index (χ3n) is 5.08. The highest BCUT2D eigenvalue weighted by atomic mass is 32.1. The number of nitrogens with one attached hydrogen (secondary N) is 1. The smallest absolute Gasteiger partial charge is 0.292 e. The minimum Gasteiger partial charge on any atom is -0.326 e. The third kappa shape index (κ3) is 4.79. The summed E-state index contributed by atoms with van der Waals surface area (Å²) in [4.78, 5) is 20.4. The maximum absolute atomic E-state index is 11.5. The summed E-state index contributed by atoms with van der Waals surface area (Å²) < 4.78 is 0. The Morgan fingerprint density at radius 3 is 2.62 bits per heavy atom. The van der Waals surface area contributed by atoms with Crippen molar-refractivity contribution in [1.29, 1.82) is 0 Å². The maximum Gasteiger partial charge on any atom is 0.292 e. The molecule has 29 heavy (non-hydrogen) atoms. The van der Waals surface area contributed by atoms with Crippen molar-refractivity contribution in [2.75, 3.05) is 38.5 Å². The van der Waals surface area contributed by atoms with E-state index in [4.69, 9.17) is 0 Å². The topological polar surface area (TPSA) is 74.5 Å². The molecule has 0 saturated carbocycles. The summed E-state index contributed by atoms with van der Waals surface area (Å²) in [5.41, 5.74) is 3.48. The molecule has 0 atom stereocenters. The molecule has 2 heterocycles. The molecule has 0 aliphatic carbocycles. The lowest BCUT2D eigenvalue weighted by atomic mass is 10.1. The molecule has 7 nitrogen and oxygen atoms in total. The lowest BCUT2D eigenvalue weighted by Crippen LogP contribution is -2.43. The van der Waals surface area contributed by atoms with Gasteiger partial charge in [0.2, 0.25) is 0 Å². The molecule has 3 aromatic rings. The number of likely N-dealkylation sites (N-methyl/N-ethyl adjacent to an activating group) is 1. The number of nitro groups is 1. The predicted octanol–water partition coefficient (Wildman–Crippen LogP) is 4.21. The largest absolute Gasteiger partial charge is 0.326 e. The lowest BCUT2D eigenvalue weighted by molar-refractivity contribution is -0.383. The Labute approximate surface area is 173 Å². The summed E-state index contributed by atoms with van der Waals surface area (Å²) in [6, 6.07) is 15.2. The summed E-state index contributed by atoms with van der Waals surface area (Å²) in [7, 11) is 2.13. The van der Waals surface area contributed by atoms with E-state index in [0.717, 1.165) is 49.5 Å². The number of nitrogens with zero attached hydrogens (tertiary/aromatic N) is 4. The minimum absolute atomic E-state index is 0.0589. The number of hydrogen-bond donors (Lipinski definition) is 1. The molecule has 0 bridgehead atoms. The molecule has 1 saturated heterocycles. The quantitative estimate of drug-likeness (QED) is 0.486. The van der Waals surface area contributed by atoms with Crippen molar-refractivity contribution in [2.45, 2.75) is 6.54 Å². The Morgan fingerprint density at radius 1 is 1.14 bits per heavy atom. The van der Waals surface area contributed by atoms with E-state index in [1.165, 1.54) is 11.3 Å². The third-order valence-corrected chi connectivity index (χ3v) is 5.83. The summed E-state index contributed by atoms with van der Waals surface area (Å²) in [5.74, 6) is 0. The average Bonchev–Trinajstić information content (AvgIpc) is 3.19. The molecule has 1 aliphatic heterocycles. The summed E-state index contributed by atoms with van der Waals surface area (Å²) in [6.45, 7) is 4.87. The number of benzene rings is 2. The molecule has 4 rings (SSSR count). The molecular formula is C21H23N5O2S. The van der Waals surface area contributed by atoms with Gasteiger partial charge in [-0.15, -0.1) is 11.3 Å². The summed E-state index contributed by atoms with van der Waals surface area (Å²) >= 11 is 1.44. The molecule has 0 spiro atoms. The minimum atomic E-state index is -0.353.